The van der Waals surface area contributed by atoms with Crippen molar-refractivity contribution < 1.29 is 42.8 Å². The summed E-state index contributed by atoms with van der Waals surface area (Å²) < 4.78 is 35.9. The number of esters is 3. The van der Waals surface area contributed by atoms with Crippen LogP contribution >= 0.6 is 0 Å². The predicted molar refractivity (Wildman–Crippen MR) is 148 cm³/mol. The number of anilines is 1. The number of nitrogens with two attached hydrogens (primary N) is 1. The summed E-state index contributed by atoms with van der Waals surface area (Å²) in [6.07, 6.45) is -2.14. The van der Waals surface area contributed by atoms with Crippen molar-refractivity contribution in [2.24, 2.45) is 11.8 Å². The summed E-state index contributed by atoms with van der Waals surface area (Å²) in [4.78, 5) is 42.1. The molecular formula is C28H38N6O9. The smallest absolute Gasteiger partial charge is 0.323 e. The van der Waals surface area contributed by atoms with Crippen LogP contribution in [0.1, 0.15) is 52.8 Å². The number of carbonyl (C=O) groups is 3. The summed E-state index contributed by atoms with van der Waals surface area (Å²) in [7, 11) is 0. The Bertz CT molecular complexity index is 1350. The van der Waals surface area contributed by atoms with Crippen molar-refractivity contribution in [3.8, 4) is 6.07 Å². The molecule has 3 N–H and O–H groups in total. The molecule has 0 radical (unpaired) electrons. The van der Waals surface area contributed by atoms with E-state index in [0.29, 0.717) is 30.8 Å². The molecule has 15 nitrogen and oxygen atoms in total. The first-order valence-corrected chi connectivity index (χ1v) is 14.1. The number of aromatic nitrogens is 3. The number of nitrogens with one attached hydrogen (secondary N) is 1. The number of hydrogen-bond donors (Lipinski definition) is 2. The molecule has 234 valence electrons. The Labute approximate surface area is 248 Å². The lowest BCUT2D eigenvalue weighted by atomic mass is 9.95. The fourth-order valence-electron chi connectivity index (χ4n) is 4.60. The first kappa shape index (κ1) is 32.1. The second-order valence-electron chi connectivity index (χ2n) is 11.1. The fraction of sp³-hybridized carbons (Fsp3) is 0.643. The van der Waals surface area contributed by atoms with Crippen molar-refractivity contribution in [3.63, 3.8) is 0 Å². The van der Waals surface area contributed by atoms with Crippen molar-refractivity contribution in [1.82, 2.24) is 19.9 Å². The van der Waals surface area contributed by atoms with Gasteiger partial charge >= 0.3 is 17.9 Å². The summed E-state index contributed by atoms with van der Waals surface area (Å²) in [5.74, 6) is -2.58. The van der Waals surface area contributed by atoms with Crippen LogP contribution in [0.15, 0.2) is 18.5 Å². The minimum atomic E-state index is -1.91. The summed E-state index contributed by atoms with van der Waals surface area (Å²) in [6.45, 7) is 8.51. The van der Waals surface area contributed by atoms with Crippen LogP contribution in [0.3, 0.4) is 0 Å². The van der Waals surface area contributed by atoms with Gasteiger partial charge in [-0.3, -0.25) is 19.7 Å². The van der Waals surface area contributed by atoms with E-state index in [4.69, 9.17) is 34.2 Å². The number of rotatable bonds is 12. The van der Waals surface area contributed by atoms with Gasteiger partial charge in [0.25, 0.3) is 0 Å². The van der Waals surface area contributed by atoms with Crippen molar-refractivity contribution in [1.29, 1.82) is 5.26 Å². The Kier molecular flexibility index (Phi) is 10.2. The van der Waals surface area contributed by atoms with Crippen LogP contribution in [0.25, 0.3) is 5.52 Å². The van der Waals surface area contributed by atoms with Gasteiger partial charge in [0.1, 0.15) is 36.2 Å². The van der Waals surface area contributed by atoms with Gasteiger partial charge < -0.3 is 34.2 Å². The molecule has 0 aliphatic carbocycles. The Morgan fingerprint density at radius 3 is 2.51 bits per heavy atom. The molecule has 2 aliphatic heterocycles. The summed E-state index contributed by atoms with van der Waals surface area (Å²) in [5, 5.41) is 17.6. The van der Waals surface area contributed by atoms with Crippen LogP contribution in [0.4, 0.5) is 5.82 Å². The molecule has 2 aromatic rings. The first-order valence-electron chi connectivity index (χ1n) is 14.1. The quantitative estimate of drug-likeness (QED) is 0.151. The van der Waals surface area contributed by atoms with Gasteiger partial charge in [0.15, 0.2) is 18.0 Å². The van der Waals surface area contributed by atoms with Gasteiger partial charge in [0.2, 0.25) is 5.60 Å². The summed E-state index contributed by atoms with van der Waals surface area (Å²) in [5.41, 5.74) is 4.96. The maximum Gasteiger partial charge on any atom is 0.323 e. The maximum atomic E-state index is 12.9. The fourth-order valence-corrected chi connectivity index (χ4v) is 4.60. The standard InChI is InChI=1S/C28H38N6O9/c1-15(2)25(35)41-22-21(19-6-7-20-24(30)31-13-33-34(19)20)43-28(11-29,23(22)42-26(36)16(3)4)12-39-14-32-17(5)27(37)40-18-8-9-38-10-18/h6-7,13,15-18,21-23,32H,8-10,12,14H2,1-5H3,(H2,30,31,33)/t17-,18-,21-,22-,23-,28+/m0/s1. The maximum absolute atomic E-state index is 12.9. The van der Waals surface area contributed by atoms with E-state index in [1.807, 2.05) is 0 Å². The molecule has 6 atom stereocenters. The third-order valence-corrected chi connectivity index (χ3v) is 7.16. The molecule has 2 aromatic heterocycles. The number of ether oxygens (including phenoxy) is 6. The number of nitrogen functional groups attached to an aromatic ring is 1. The van der Waals surface area contributed by atoms with Gasteiger partial charge in [-0.05, 0) is 19.1 Å². The molecule has 0 spiro atoms. The molecule has 15 heteroatoms. The highest BCUT2D eigenvalue weighted by atomic mass is 16.7. The Balaban J connectivity index is 1.60. The molecule has 0 amide bonds. The van der Waals surface area contributed by atoms with Crippen LogP contribution in [0, 0.1) is 23.2 Å². The molecule has 0 aromatic carbocycles. The number of hydrogen-bond acceptors (Lipinski definition) is 14. The number of carbonyl (C=O) groups excluding carboxylic acids is 3. The highest BCUT2D eigenvalue weighted by Crippen LogP contribution is 2.44. The summed E-state index contributed by atoms with van der Waals surface area (Å²) >= 11 is 0. The van der Waals surface area contributed by atoms with Crippen molar-refractivity contribution in [2.75, 3.05) is 32.3 Å². The molecule has 4 heterocycles. The van der Waals surface area contributed by atoms with E-state index in [1.54, 1.807) is 46.8 Å². The molecule has 2 saturated heterocycles. The second kappa shape index (κ2) is 13.6. The van der Waals surface area contributed by atoms with E-state index in [0.717, 1.165) is 0 Å². The van der Waals surface area contributed by atoms with Gasteiger partial charge in [0, 0.05) is 6.42 Å². The predicted octanol–water partition coefficient (Wildman–Crippen LogP) is 1.07. The van der Waals surface area contributed by atoms with Gasteiger partial charge in [-0.1, -0.05) is 27.7 Å². The average molecular weight is 603 g/mol. The van der Waals surface area contributed by atoms with Gasteiger partial charge in [-0.2, -0.15) is 10.4 Å². The van der Waals surface area contributed by atoms with E-state index in [-0.39, 0.29) is 18.7 Å². The normalized spacial score (nSPS) is 26.0. The lowest BCUT2D eigenvalue weighted by Gasteiger charge is -2.29. The number of nitriles is 1. The SMILES string of the molecule is CC(C)C(=O)O[C@H]1[C@H](c2ccc3c(N)ncnn23)O[C@](C#N)(COCN[C@@H](C)C(=O)O[C@H]2CCOC2)[C@H]1OC(=O)C(C)C. The van der Waals surface area contributed by atoms with Crippen molar-refractivity contribution in [2.45, 2.75) is 77.1 Å². The lowest BCUT2D eigenvalue weighted by molar-refractivity contribution is -0.175. The zero-order valence-corrected chi connectivity index (χ0v) is 24.8. The van der Waals surface area contributed by atoms with Gasteiger partial charge in [0.05, 0.1) is 44.1 Å². The summed E-state index contributed by atoms with van der Waals surface area (Å²) in [6, 6.07) is 4.70. The van der Waals surface area contributed by atoms with Crippen LogP contribution in [-0.2, 0) is 42.8 Å². The third kappa shape index (κ3) is 7.04. The minimum absolute atomic E-state index is 0.173. The highest BCUT2D eigenvalue weighted by Gasteiger charge is 2.61. The number of fused-ring (bicyclic) bond motifs is 1. The molecular weight excluding hydrogens is 564 g/mol. The molecule has 43 heavy (non-hydrogen) atoms. The zero-order chi connectivity index (χ0) is 31.3. The van der Waals surface area contributed by atoms with E-state index in [9.17, 15) is 19.6 Å². The van der Waals surface area contributed by atoms with Crippen LogP contribution in [0.2, 0.25) is 0 Å². The Morgan fingerprint density at radius 1 is 1.14 bits per heavy atom. The topological polar surface area (TPSA) is 199 Å². The molecule has 0 bridgehead atoms. The largest absolute Gasteiger partial charge is 0.459 e. The Hall–Kier alpha value is -3.84. The third-order valence-electron chi connectivity index (χ3n) is 7.16. The van der Waals surface area contributed by atoms with Gasteiger partial charge in [-0.25, -0.2) is 9.50 Å². The monoisotopic (exact) mass is 602 g/mol. The van der Waals surface area contributed by atoms with E-state index >= 15 is 0 Å². The van der Waals surface area contributed by atoms with Crippen LogP contribution < -0.4 is 11.1 Å². The van der Waals surface area contributed by atoms with Crippen molar-refractivity contribution in [3.05, 3.63) is 24.2 Å². The minimum Gasteiger partial charge on any atom is -0.459 e. The molecule has 4 rings (SSSR count). The Morgan fingerprint density at radius 2 is 1.86 bits per heavy atom. The molecule has 0 saturated carbocycles. The highest BCUT2D eigenvalue weighted by molar-refractivity contribution is 5.75. The van der Waals surface area contributed by atoms with E-state index in [1.165, 1.54) is 10.8 Å². The molecule has 2 fully saturated rings. The average Bonchev–Trinajstić information content (AvgIpc) is 3.71. The number of nitrogens with zero attached hydrogens (tertiary/aromatic N) is 4. The second-order valence-corrected chi connectivity index (χ2v) is 11.1. The van der Waals surface area contributed by atoms with Crippen molar-refractivity contribution >= 4 is 29.2 Å². The molecule has 2 aliphatic rings. The first-order chi connectivity index (χ1) is 20.5. The lowest BCUT2D eigenvalue weighted by Crippen LogP contribution is -2.50. The van der Waals surface area contributed by atoms with E-state index < -0.39 is 66.3 Å². The zero-order valence-electron chi connectivity index (χ0n) is 24.8. The van der Waals surface area contributed by atoms with Gasteiger partial charge in [-0.15, -0.1) is 0 Å². The molecule has 0 unspecified atom stereocenters. The van der Waals surface area contributed by atoms with E-state index in [2.05, 4.69) is 21.5 Å². The van der Waals surface area contributed by atoms with Crippen LogP contribution in [-0.4, -0.2) is 89.0 Å². The van der Waals surface area contributed by atoms with Crippen LogP contribution in [0.5, 0.6) is 0 Å².